The Hall–Kier alpha value is -1.00. The molecule has 4 heteroatoms. The molecule has 1 unspecified atom stereocenters. The summed E-state index contributed by atoms with van der Waals surface area (Å²) in [5, 5.41) is 3.23. The van der Waals surface area contributed by atoms with E-state index in [1.54, 1.807) is 12.1 Å². The molecule has 1 fully saturated rings. The van der Waals surface area contributed by atoms with Crippen molar-refractivity contribution >= 4 is 0 Å². The summed E-state index contributed by atoms with van der Waals surface area (Å²) in [4.78, 5) is 0. The summed E-state index contributed by atoms with van der Waals surface area (Å²) in [5.74, 6) is -0.751. The predicted molar refractivity (Wildman–Crippen MR) is 75.6 cm³/mol. The van der Waals surface area contributed by atoms with Crippen LogP contribution in [0.25, 0.3) is 0 Å². The Kier molecular flexibility index (Phi) is 5.92. The Morgan fingerprint density at radius 3 is 2.85 bits per heavy atom. The molecule has 0 bridgehead atoms. The first-order valence-electron chi connectivity index (χ1n) is 7.47. The zero-order valence-electron chi connectivity index (χ0n) is 12.0. The maximum absolute atomic E-state index is 13.9. The maximum Gasteiger partial charge on any atom is 0.163 e. The lowest BCUT2D eigenvalue weighted by Gasteiger charge is -2.20. The van der Waals surface area contributed by atoms with Crippen molar-refractivity contribution < 1.29 is 13.5 Å². The number of rotatable bonds is 9. The van der Waals surface area contributed by atoms with Gasteiger partial charge in [-0.2, -0.15) is 0 Å². The highest BCUT2D eigenvalue weighted by atomic mass is 19.2. The van der Waals surface area contributed by atoms with Crippen LogP contribution in [0.4, 0.5) is 8.78 Å². The average molecular weight is 283 g/mol. The highest BCUT2D eigenvalue weighted by molar-refractivity contribution is 5.22. The van der Waals surface area contributed by atoms with Crippen molar-refractivity contribution in [2.24, 2.45) is 5.92 Å². The summed E-state index contributed by atoms with van der Waals surface area (Å²) < 4.78 is 32.8. The molecule has 1 aromatic carbocycles. The number of benzene rings is 1. The van der Waals surface area contributed by atoms with Gasteiger partial charge in [-0.1, -0.05) is 31.9 Å². The van der Waals surface area contributed by atoms with Gasteiger partial charge >= 0.3 is 0 Å². The van der Waals surface area contributed by atoms with Gasteiger partial charge < -0.3 is 10.1 Å². The van der Waals surface area contributed by atoms with Gasteiger partial charge in [-0.25, -0.2) is 8.78 Å². The van der Waals surface area contributed by atoms with E-state index in [1.165, 1.54) is 12.8 Å². The van der Waals surface area contributed by atoms with Crippen LogP contribution in [0.2, 0.25) is 0 Å². The van der Waals surface area contributed by atoms with E-state index in [9.17, 15) is 8.78 Å². The van der Waals surface area contributed by atoms with Crippen LogP contribution in [-0.4, -0.2) is 19.8 Å². The molecule has 2 rings (SSSR count). The molecule has 20 heavy (non-hydrogen) atoms. The van der Waals surface area contributed by atoms with Crippen molar-refractivity contribution in [2.75, 3.05) is 19.8 Å². The minimum Gasteiger partial charge on any atom is -0.379 e. The average Bonchev–Trinajstić information content (AvgIpc) is 3.26. The first-order chi connectivity index (χ1) is 9.72. The molecular formula is C16H23F2NO. The maximum atomic E-state index is 13.9. The van der Waals surface area contributed by atoms with Crippen molar-refractivity contribution in [3.8, 4) is 0 Å². The van der Waals surface area contributed by atoms with Crippen LogP contribution in [-0.2, 0) is 4.74 Å². The Morgan fingerprint density at radius 2 is 2.15 bits per heavy atom. The molecule has 0 amide bonds. The Balaban J connectivity index is 1.91. The van der Waals surface area contributed by atoms with E-state index in [0.717, 1.165) is 31.4 Å². The second-order valence-electron chi connectivity index (χ2n) is 5.46. The summed E-state index contributed by atoms with van der Waals surface area (Å²) in [6.45, 7) is 3.88. The number of nitrogens with one attached hydrogen (secondary N) is 1. The van der Waals surface area contributed by atoms with Gasteiger partial charge in [-0.15, -0.1) is 0 Å². The minimum absolute atomic E-state index is 0.287. The Morgan fingerprint density at radius 1 is 1.35 bits per heavy atom. The molecule has 0 saturated heterocycles. The molecule has 0 aliphatic heterocycles. The van der Waals surface area contributed by atoms with Crippen LogP contribution in [0.3, 0.4) is 0 Å². The van der Waals surface area contributed by atoms with Crippen LogP contribution in [0.5, 0.6) is 0 Å². The molecule has 1 aliphatic rings. The molecule has 2 nitrogen and oxygen atoms in total. The van der Waals surface area contributed by atoms with Crippen molar-refractivity contribution in [2.45, 2.75) is 38.6 Å². The van der Waals surface area contributed by atoms with Gasteiger partial charge in [-0.3, -0.25) is 0 Å². The fraction of sp³-hybridized carbons (Fsp3) is 0.625. The van der Waals surface area contributed by atoms with Crippen LogP contribution >= 0.6 is 0 Å². The van der Waals surface area contributed by atoms with E-state index in [1.807, 2.05) is 6.92 Å². The normalized spacial score (nSPS) is 16.4. The molecule has 0 heterocycles. The highest BCUT2D eigenvalue weighted by Crippen LogP contribution is 2.32. The molecule has 1 N–H and O–H groups in total. The van der Waals surface area contributed by atoms with Gasteiger partial charge in [0.25, 0.3) is 0 Å². The molecule has 0 aromatic heterocycles. The second kappa shape index (κ2) is 7.70. The third-order valence-electron chi connectivity index (χ3n) is 3.65. The smallest absolute Gasteiger partial charge is 0.163 e. The predicted octanol–water partition coefficient (Wildman–Crippen LogP) is 3.82. The van der Waals surface area contributed by atoms with Gasteiger partial charge in [0.15, 0.2) is 11.6 Å². The molecule has 1 aromatic rings. The Labute approximate surface area is 119 Å². The standard InChI is InChI=1S/C16H23F2NO/c1-2-9-19-15(11-20-10-8-12-6-7-12)13-4-3-5-14(17)16(13)18/h3-5,12,15,19H,2,6-11H2,1H3. The van der Waals surface area contributed by atoms with E-state index in [-0.39, 0.29) is 6.04 Å². The monoisotopic (exact) mass is 283 g/mol. The van der Waals surface area contributed by atoms with E-state index in [0.29, 0.717) is 18.8 Å². The van der Waals surface area contributed by atoms with Crippen LogP contribution in [0.1, 0.15) is 44.2 Å². The topological polar surface area (TPSA) is 21.3 Å². The highest BCUT2D eigenvalue weighted by Gasteiger charge is 2.21. The number of hydrogen-bond donors (Lipinski definition) is 1. The molecular weight excluding hydrogens is 260 g/mol. The third kappa shape index (κ3) is 4.53. The molecule has 1 atom stereocenters. The van der Waals surface area contributed by atoms with Crippen molar-refractivity contribution in [1.29, 1.82) is 0 Å². The fourth-order valence-electron chi connectivity index (χ4n) is 2.22. The van der Waals surface area contributed by atoms with Gasteiger partial charge in [-0.05, 0) is 31.4 Å². The van der Waals surface area contributed by atoms with Crippen LogP contribution < -0.4 is 5.32 Å². The van der Waals surface area contributed by atoms with Crippen molar-refractivity contribution in [3.63, 3.8) is 0 Å². The van der Waals surface area contributed by atoms with Gasteiger partial charge in [0.2, 0.25) is 0 Å². The third-order valence-corrected chi connectivity index (χ3v) is 3.65. The van der Waals surface area contributed by atoms with E-state index >= 15 is 0 Å². The molecule has 112 valence electrons. The summed E-state index contributed by atoms with van der Waals surface area (Å²) in [5.41, 5.74) is 0.352. The lowest BCUT2D eigenvalue weighted by molar-refractivity contribution is 0.105. The molecule has 1 aliphatic carbocycles. The first kappa shape index (κ1) is 15.4. The largest absolute Gasteiger partial charge is 0.379 e. The van der Waals surface area contributed by atoms with Crippen molar-refractivity contribution in [3.05, 3.63) is 35.4 Å². The molecule has 1 saturated carbocycles. The lowest BCUT2D eigenvalue weighted by Crippen LogP contribution is -2.27. The van der Waals surface area contributed by atoms with E-state index < -0.39 is 11.6 Å². The molecule has 0 spiro atoms. The SMILES string of the molecule is CCCNC(COCCC1CC1)c1cccc(F)c1F. The number of ether oxygens (including phenoxy) is 1. The van der Waals surface area contributed by atoms with Crippen LogP contribution in [0, 0.1) is 17.6 Å². The molecule has 0 radical (unpaired) electrons. The summed E-state index contributed by atoms with van der Waals surface area (Å²) in [6, 6.07) is 4.02. The number of halogens is 2. The second-order valence-corrected chi connectivity index (χ2v) is 5.46. The fourth-order valence-corrected chi connectivity index (χ4v) is 2.22. The van der Waals surface area contributed by atoms with Gasteiger partial charge in [0.1, 0.15) is 0 Å². The quantitative estimate of drug-likeness (QED) is 0.696. The first-order valence-corrected chi connectivity index (χ1v) is 7.47. The van der Waals surface area contributed by atoms with Crippen LogP contribution in [0.15, 0.2) is 18.2 Å². The van der Waals surface area contributed by atoms with Crippen molar-refractivity contribution in [1.82, 2.24) is 5.32 Å². The van der Waals surface area contributed by atoms with Gasteiger partial charge in [0, 0.05) is 12.2 Å². The number of hydrogen-bond acceptors (Lipinski definition) is 2. The zero-order chi connectivity index (χ0) is 14.4. The summed E-state index contributed by atoms with van der Waals surface area (Å²) >= 11 is 0. The summed E-state index contributed by atoms with van der Waals surface area (Å²) in [6.07, 6.45) is 4.63. The summed E-state index contributed by atoms with van der Waals surface area (Å²) in [7, 11) is 0. The van der Waals surface area contributed by atoms with Gasteiger partial charge in [0.05, 0.1) is 12.6 Å². The minimum atomic E-state index is -0.802. The zero-order valence-corrected chi connectivity index (χ0v) is 12.0. The van der Waals surface area contributed by atoms with E-state index in [2.05, 4.69) is 5.32 Å². The lowest BCUT2D eigenvalue weighted by atomic mass is 10.1. The Bertz CT molecular complexity index is 421. The van der Waals surface area contributed by atoms with E-state index in [4.69, 9.17) is 4.74 Å².